The molecule has 3 aliphatic carbocycles. The lowest BCUT2D eigenvalue weighted by Crippen LogP contribution is -2.06. The number of hydrogen-bond donors (Lipinski definition) is 0. The first kappa shape index (κ1) is 14.8. The molecule has 1 nitrogen and oxygen atoms in total. The zero-order valence-electron chi connectivity index (χ0n) is 14.4. The van der Waals surface area contributed by atoms with Crippen molar-refractivity contribution in [2.24, 2.45) is 0 Å². The molecule has 1 saturated carbocycles. The van der Waals surface area contributed by atoms with Crippen LogP contribution in [0.1, 0.15) is 43.6 Å². The van der Waals surface area contributed by atoms with E-state index in [2.05, 4.69) is 36.4 Å². The van der Waals surface area contributed by atoms with E-state index in [0.29, 0.717) is 5.92 Å². The average molecular weight is 326 g/mol. The van der Waals surface area contributed by atoms with Crippen LogP contribution < -0.4 is 4.74 Å². The Kier molecular flexibility index (Phi) is 3.59. The van der Waals surface area contributed by atoms with Crippen LogP contribution in [0, 0.1) is 0 Å². The molecule has 0 amide bonds. The van der Waals surface area contributed by atoms with Crippen molar-refractivity contribution in [3.63, 3.8) is 0 Å². The van der Waals surface area contributed by atoms with Crippen LogP contribution >= 0.6 is 0 Å². The van der Waals surface area contributed by atoms with Crippen LogP contribution in [0.5, 0.6) is 11.5 Å². The normalized spacial score (nSPS) is 15.8. The van der Waals surface area contributed by atoms with Crippen LogP contribution in [-0.4, -0.2) is 0 Å². The van der Waals surface area contributed by atoms with Gasteiger partial charge in [-0.2, -0.15) is 0 Å². The molecule has 0 N–H and O–H groups in total. The lowest BCUT2D eigenvalue weighted by atomic mass is 9.81. The molecule has 1 fully saturated rings. The van der Waals surface area contributed by atoms with E-state index >= 15 is 0 Å². The fourth-order valence-electron chi connectivity index (χ4n) is 4.36. The van der Waals surface area contributed by atoms with Gasteiger partial charge in [-0.1, -0.05) is 61.7 Å². The van der Waals surface area contributed by atoms with Gasteiger partial charge in [0.2, 0.25) is 0 Å². The minimum atomic E-state index is 0.693. The minimum Gasteiger partial charge on any atom is -0.457 e. The van der Waals surface area contributed by atoms with Crippen molar-refractivity contribution in [1.82, 2.24) is 0 Å². The summed E-state index contributed by atoms with van der Waals surface area (Å²) in [4.78, 5) is 0. The Labute approximate surface area is 149 Å². The van der Waals surface area contributed by atoms with Crippen molar-refractivity contribution in [1.29, 1.82) is 0 Å². The van der Waals surface area contributed by atoms with E-state index < -0.39 is 0 Å². The monoisotopic (exact) mass is 326 g/mol. The molecular formula is C24H22O. The molecule has 3 aromatic carbocycles. The third kappa shape index (κ3) is 2.64. The van der Waals surface area contributed by atoms with E-state index in [9.17, 15) is 0 Å². The van der Waals surface area contributed by atoms with Gasteiger partial charge in [-0.3, -0.25) is 0 Å². The average Bonchev–Trinajstić information content (AvgIpc) is 2.87. The zero-order chi connectivity index (χ0) is 16.6. The van der Waals surface area contributed by atoms with Crippen LogP contribution in [0.2, 0.25) is 0 Å². The molecule has 0 unspecified atom stereocenters. The van der Waals surface area contributed by atoms with Crippen molar-refractivity contribution in [2.75, 3.05) is 0 Å². The molecule has 3 aromatic rings. The number of fused-ring (bicyclic) bond motifs is 2. The lowest BCUT2D eigenvalue weighted by Gasteiger charge is -2.24. The van der Waals surface area contributed by atoms with E-state index in [1.54, 1.807) is 0 Å². The SMILES string of the molecule is c1ccc(Oc2cc3ccc2-c2cc-3ccc2C2CCCCC2)cc1. The lowest BCUT2D eigenvalue weighted by molar-refractivity contribution is 0.444. The smallest absolute Gasteiger partial charge is 0.135 e. The maximum Gasteiger partial charge on any atom is 0.135 e. The molecule has 4 bridgehead atoms. The van der Waals surface area contributed by atoms with Crippen molar-refractivity contribution in [3.05, 3.63) is 72.3 Å². The van der Waals surface area contributed by atoms with Gasteiger partial charge in [0, 0.05) is 5.56 Å². The largest absolute Gasteiger partial charge is 0.457 e. The molecule has 1 heteroatoms. The Morgan fingerprint density at radius 3 is 2.28 bits per heavy atom. The highest BCUT2D eigenvalue weighted by molar-refractivity contribution is 5.85. The van der Waals surface area contributed by atoms with Gasteiger partial charge >= 0.3 is 0 Å². The number of para-hydroxylation sites is 1. The summed E-state index contributed by atoms with van der Waals surface area (Å²) in [6.07, 6.45) is 6.74. The second kappa shape index (κ2) is 6.07. The molecule has 124 valence electrons. The molecule has 25 heavy (non-hydrogen) atoms. The van der Waals surface area contributed by atoms with Crippen molar-refractivity contribution < 1.29 is 4.74 Å². The van der Waals surface area contributed by atoms with Crippen LogP contribution in [-0.2, 0) is 0 Å². The molecule has 0 radical (unpaired) electrons. The summed E-state index contributed by atoms with van der Waals surface area (Å²) >= 11 is 0. The summed E-state index contributed by atoms with van der Waals surface area (Å²) in [6.45, 7) is 0. The van der Waals surface area contributed by atoms with Gasteiger partial charge in [0.25, 0.3) is 0 Å². The second-order valence-corrected chi connectivity index (χ2v) is 7.26. The highest BCUT2D eigenvalue weighted by Crippen LogP contribution is 2.46. The Hall–Kier alpha value is -2.54. The molecule has 0 aromatic heterocycles. The van der Waals surface area contributed by atoms with Gasteiger partial charge in [0.05, 0.1) is 0 Å². The summed E-state index contributed by atoms with van der Waals surface area (Å²) < 4.78 is 6.27. The number of hydrogen-bond acceptors (Lipinski definition) is 1. The molecule has 6 rings (SSSR count). The number of benzene rings is 3. The van der Waals surface area contributed by atoms with Crippen LogP contribution in [0.3, 0.4) is 0 Å². The summed E-state index contributed by atoms with van der Waals surface area (Å²) in [5, 5.41) is 0. The van der Waals surface area contributed by atoms with Crippen LogP contribution in [0.25, 0.3) is 22.3 Å². The van der Waals surface area contributed by atoms with Crippen molar-refractivity contribution in [2.45, 2.75) is 38.0 Å². The predicted molar refractivity (Wildman–Crippen MR) is 103 cm³/mol. The zero-order valence-corrected chi connectivity index (χ0v) is 14.4. The standard InChI is InChI=1S/C24H22O/c1-3-7-17(8-4-1)21-13-11-18-15-23(21)22-14-12-19(18)16-24(22)25-20-9-5-2-6-10-20/h2,5-6,9-17H,1,3-4,7-8H2. The Bertz CT molecular complexity index is 905. The molecule has 0 spiro atoms. The van der Waals surface area contributed by atoms with E-state index in [0.717, 1.165) is 11.5 Å². The molecule has 3 aliphatic rings. The van der Waals surface area contributed by atoms with Crippen molar-refractivity contribution in [3.8, 4) is 33.8 Å². The first-order valence-electron chi connectivity index (χ1n) is 9.40. The third-order valence-corrected chi connectivity index (χ3v) is 5.67. The predicted octanol–water partition coefficient (Wildman–Crippen LogP) is 7.17. The Morgan fingerprint density at radius 1 is 0.680 bits per heavy atom. The molecule has 0 saturated heterocycles. The number of rotatable bonds is 3. The van der Waals surface area contributed by atoms with E-state index in [-0.39, 0.29) is 0 Å². The van der Waals surface area contributed by atoms with Crippen molar-refractivity contribution >= 4 is 0 Å². The van der Waals surface area contributed by atoms with Gasteiger partial charge < -0.3 is 4.74 Å². The Balaban J connectivity index is 1.60. The second-order valence-electron chi connectivity index (χ2n) is 7.26. The highest BCUT2D eigenvalue weighted by atomic mass is 16.5. The fourth-order valence-corrected chi connectivity index (χ4v) is 4.36. The van der Waals surface area contributed by atoms with Gasteiger partial charge in [-0.05, 0) is 65.3 Å². The van der Waals surface area contributed by atoms with Crippen LogP contribution in [0.15, 0.2) is 66.7 Å². The van der Waals surface area contributed by atoms with E-state index in [4.69, 9.17) is 4.74 Å². The quantitative estimate of drug-likeness (QED) is 0.387. The van der Waals surface area contributed by atoms with Gasteiger partial charge in [0.15, 0.2) is 0 Å². The first-order valence-corrected chi connectivity index (χ1v) is 9.40. The van der Waals surface area contributed by atoms with Gasteiger partial charge in [0.1, 0.15) is 11.5 Å². The maximum absolute atomic E-state index is 6.27. The third-order valence-electron chi connectivity index (χ3n) is 5.67. The minimum absolute atomic E-state index is 0.693. The maximum atomic E-state index is 6.27. The van der Waals surface area contributed by atoms with Gasteiger partial charge in [-0.15, -0.1) is 0 Å². The summed E-state index contributed by atoms with van der Waals surface area (Å²) in [7, 11) is 0. The summed E-state index contributed by atoms with van der Waals surface area (Å²) in [5.74, 6) is 2.57. The van der Waals surface area contributed by atoms with Crippen LogP contribution in [0.4, 0.5) is 0 Å². The molecule has 0 heterocycles. The molecule has 0 atom stereocenters. The van der Waals surface area contributed by atoms with Gasteiger partial charge in [-0.25, -0.2) is 0 Å². The number of ether oxygens (including phenoxy) is 1. The Morgan fingerprint density at radius 2 is 1.44 bits per heavy atom. The summed E-state index contributed by atoms with van der Waals surface area (Å²) in [6, 6.07) is 23.8. The molecule has 0 aliphatic heterocycles. The molecular weight excluding hydrogens is 304 g/mol. The van der Waals surface area contributed by atoms with E-state index in [1.807, 2.05) is 30.3 Å². The first-order chi connectivity index (χ1) is 12.4. The summed E-state index contributed by atoms with van der Waals surface area (Å²) in [5.41, 5.74) is 6.65. The van der Waals surface area contributed by atoms with E-state index in [1.165, 1.54) is 59.9 Å². The highest BCUT2D eigenvalue weighted by Gasteiger charge is 2.23. The topological polar surface area (TPSA) is 9.23 Å². The fraction of sp³-hybridized carbons (Fsp3) is 0.250.